The molecule has 0 radical (unpaired) electrons. The molecule has 0 bridgehead atoms. The van der Waals surface area contributed by atoms with Gasteiger partial charge in [-0.25, -0.2) is 0 Å². The van der Waals surface area contributed by atoms with Crippen LogP contribution in [0.5, 0.6) is 0 Å². The second-order valence-electron chi connectivity index (χ2n) is 2.29. The molecule has 11 heavy (non-hydrogen) atoms. The van der Waals surface area contributed by atoms with Crippen molar-refractivity contribution in [3.63, 3.8) is 0 Å². The van der Waals surface area contributed by atoms with E-state index in [9.17, 15) is 0 Å². The van der Waals surface area contributed by atoms with E-state index >= 15 is 0 Å². The molecule has 0 aliphatic carbocycles. The van der Waals surface area contributed by atoms with E-state index in [1.54, 1.807) is 0 Å². The van der Waals surface area contributed by atoms with E-state index in [1.807, 2.05) is 19.1 Å². The lowest BCUT2D eigenvalue weighted by Gasteiger charge is -2.17. The van der Waals surface area contributed by atoms with Gasteiger partial charge in [-0.15, -0.1) is 0 Å². The number of allylic oxidation sites excluding steroid dienone is 1. The zero-order valence-electron chi connectivity index (χ0n) is 6.79. The Kier molecular flexibility index (Phi) is 4.27. The third-order valence-corrected chi connectivity index (χ3v) is 1.36. The molecule has 0 N–H and O–H groups in total. The third kappa shape index (κ3) is 3.55. The van der Waals surface area contributed by atoms with E-state index in [1.165, 1.54) is 0 Å². The van der Waals surface area contributed by atoms with Gasteiger partial charge in [0.1, 0.15) is 0 Å². The minimum atomic E-state index is -0.444. The normalized spacial score (nSPS) is 19.5. The lowest BCUT2D eigenvalue weighted by molar-refractivity contribution is 0.0597. The Morgan fingerprint density at radius 3 is 2.82 bits per heavy atom. The summed E-state index contributed by atoms with van der Waals surface area (Å²) in [5.74, 6) is 0. The molecular weight excluding hydrogens is 143 g/mol. The Bertz CT molecular complexity index is 121. The van der Waals surface area contributed by atoms with Crippen molar-refractivity contribution in [2.45, 2.75) is 13.3 Å². The van der Waals surface area contributed by atoms with Crippen LogP contribution >= 0.6 is 0 Å². The first-order chi connectivity index (χ1) is 5.43. The lowest BCUT2D eigenvalue weighted by atomic mass is 10.2. The molecule has 1 saturated heterocycles. The number of hydrogen-bond donors (Lipinski definition) is 0. The largest absolute Gasteiger partial charge is 0.639 e. The maximum Gasteiger partial charge on any atom is 0.639 e. The molecule has 0 aromatic rings. The standard InChI is InChI=1S/C7H13BO3/c1-2-3-5-9-8-10-6-4-7-11-8/h2-3H,4-7H2,1H3/b3-2+. The number of rotatable bonds is 3. The van der Waals surface area contributed by atoms with Gasteiger partial charge in [-0.2, -0.15) is 0 Å². The highest BCUT2D eigenvalue weighted by Gasteiger charge is 2.23. The van der Waals surface area contributed by atoms with Gasteiger partial charge in [-0.3, -0.25) is 0 Å². The Balaban J connectivity index is 2.04. The summed E-state index contributed by atoms with van der Waals surface area (Å²) in [7, 11) is -0.444. The van der Waals surface area contributed by atoms with E-state index in [0.29, 0.717) is 6.61 Å². The summed E-state index contributed by atoms with van der Waals surface area (Å²) >= 11 is 0. The van der Waals surface area contributed by atoms with Crippen LogP contribution in [-0.4, -0.2) is 27.1 Å². The van der Waals surface area contributed by atoms with Gasteiger partial charge < -0.3 is 14.0 Å². The van der Waals surface area contributed by atoms with Gasteiger partial charge in [0.05, 0.1) is 6.61 Å². The summed E-state index contributed by atoms with van der Waals surface area (Å²) < 4.78 is 15.5. The van der Waals surface area contributed by atoms with E-state index in [4.69, 9.17) is 14.0 Å². The van der Waals surface area contributed by atoms with E-state index in [-0.39, 0.29) is 0 Å². The fraction of sp³-hybridized carbons (Fsp3) is 0.714. The van der Waals surface area contributed by atoms with Crippen molar-refractivity contribution in [2.75, 3.05) is 19.8 Å². The van der Waals surface area contributed by atoms with Crippen LogP contribution in [0.25, 0.3) is 0 Å². The highest BCUT2D eigenvalue weighted by atomic mass is 16.7. The van der Waals surface area contributed by atoms with E-state index in [2.05, 4.69) is 0 Å². The molecule has 0 aromatic carbocycles. The zero-order chi connectivity index (χ0) is 7.94. The highest BCUT2D eigenvalue weighted by molar-refractivity contribution is 6.36. The smallest absolute Gasteiger partial charge is 0.386 e. The predicted octanol–water partition coefficient (Wildman–Crippen LogP) is 1.00. The van der Waals surface area contributed by atoms with Crippen LogP contribution in [0.3, 0.4) is 0 Å². The molecule has 1 fully saturated rings. The average Bonchev–Trinajstić information content (AvgIpc) is 2.07. The molecule has 0 amide bonds. The monoisotopic (exact) mass is 156 g/mol. The number of hydrogen-bond acceptors (Lipinski definition) is 3. The molecule has 0 saturated carbocycles. The summed E-state index contributed by atoms with van der Waals surface area (Å²) in [4.78, 5) is 0. The first kappa shape index (κ1) is 8.78. The molecule has 1 aliphatic rings. The van der Waals surface area contributed by atoms with Gasteiger partial charge in [0, 0.05) is 13.2 Å². The molecule has 0 unspecified atom stereocenters. The quantitative estimate of drug-likeness (QED) is 0.450. The Labute approximate surface area is 67.5 Å². The highest BCUT2D eigenvalue weighted by Crippen LogP contribution is 2.01. The molecular formula is C7H13BO3. The first-order valence-electron chi connectivity index (χ1n) is 3.89. The first-order valence-corrected chi connectivity index (χ1v) is 3.89. The zero-order valence-corrected chi connectivity index (χ0v) is 6.79. The predicted molar refractivity (Wildman–Crippen MR) is 43.0 cm³/mol. The van der Waals surface area contributed by atoms with Crippen molar-refractivity contribution in [3.05, 3.63) is 12.2 Å². The van der Waals surface area contributed by atoms with Gasteiger partial charge in [-0.05, 0) is 13.3 Å². The van der Waals surface area contributed by atoms with Crippen molar-refractivity contribution >= 4 is 7.32 Å². The SMILES string of the molecule is C/C=C/COB1OCCCO1. The van der Waals surface area contributed by atoms with Gasteiger partial charge in [0.15, 0.2) is 0 Å². The van der Waals surface area contributed by atoms with Crippen molar-refractivity contribution in [1.82, 2.24) is 0 Å². The summed E-state index contributed by atoms with van der Waals surface area (Å²) in [5.41, 5.74) is 0. The van der Waals surface area contributed by atoms with Crippen LogP contribution in [0, 0.1) is 0 Å². The molecule has 0 spiro atoms. The summed E-state index contributed by atoms with van der Waals surface area (Å²) in [6.45, 7) is 3.98. The molecule has 0 atom stereocenters. The minimum Gasteiger partial charge on any atom is -0.386 e. The van der Waals surface area contributed by atoms with Crippen molar-refractivity contribution < 1.29 is 14.0 Å². The fourth-order valence-electron chi connectivity index (χ4n) is 0.793. The maximum absolute atomic E-state index is 5.19. The molecule has 1 rings (SSSR count). The molecule has 3 nitrogen and oxygen atoms in total. The lowest BCUT2D eigenvalue weighted by Crippen LogP contribution is -2.32. The van der Waals surface area contributed by atoms with E-state index in [0.717, 1.165) is 19.6 Å². The Hall–Kier alpha value is -0.315. The molecule has 0 aromatic heterocycles. The summed E-state index contributed by atoms with van der Waals surface area (Å²) in [5, 5.41) is 0. The second kappa shape index (κ2) is 5.35. The van der Waals surface area contributed by atoms with Crippen LogP contribution in [0.15, 0.2) is 12.2 Å². The minimum absolute atomic E-state index is 0.444. The molecule has 1 aliphatic heterocycles. The molecule has 4 heteroatoms. The Morgan fingerprint density at radius 1 is 1.45 bits per heavy atom. The van der Waals surface area contributed by atoms with Gasteiger partial charge in [0.25, 0.3) is 0 Å². The summed E-state index contributed by atoms with van der Waals surface area (Å²) in [6.07, 6.45) is 4.81. The van der Waals surface area contributed by atoms with Gasteiger partial charge in [0.2, 0.25) is 0 Å². The molecule has 62 valence electrons. The van der Waals surface area contributed by atoms with E-state index < -0.39 is 7.32 Å². The molecule has 1 heterocycles. The van der Waals surface area contributed by atoms with Crippen LogP contribution in [0.2, 0.25) is 0 Å². The van der Waals surface area contributed by atoms with Gasteiger partial charge >= 0.3 is 7.32 Å². The van der Waals surface area contributed by atoms with Crippen LogP contribution in [0.1, 0.15) is 13.3 Å². The average molecular weight is 156 g/mol. The van der Waals surface area contributed by atoms with Crippen molar-refractivity contribution in [3.8, 4) is 0 Å². The van der Waals surface area contributed by atoms with Crippen LogP contribution in [-0.2, 0) is 14.0 Å². The van der Waals surface area contributed by atoms with Gasteiger partial charge in [-0.1, -0.05) is 12.2 Å². The van der Waals surface area contributed by atoms with Crippen molar-refractivity contribution in [1.29, 1.82) is 0 Å². The topological polar surface area (TPSA) is 27.7 Å². The Morgan fingerprint density at radius 2 is 2.18 bits per heavy atom. The van der Waals surface area contributed by atoms with Crippen molar-refractivity contribution in [2.24, 2.45) is 0 Å². The third-order valence-electron chi connectivity index (χ3n) is 1.36. The summed E-state index contributed by atoms with van der Waals surface area (Å²) in [6, 6.07) is 0. The second-order valence-corrected chi connectivity index (χ2v) is 2.29. The maximum atomic E-state index is 5.19. The van der Waals surface area contributed by atoms with Crippen LogP contribution in [0.4, 0.5) is 0 Å². The van der Waals surface area contributed by atoms with Crippen LogP contribution < -0.4 is 0 Å². The fourth-order valence-corrected chi connectivity index (χ4v) is 0.793.